The quantitative estimate of drug-likeness (QED) is 0.496. The van der Waals surface area contributed by atoms with E-state index in [1.807, 2.05) is 18.2 Å². The Labute approximate surface area is 168 Å². The number of aromatic nitrogens is 1. The summed E-state index contributed by atoms with van der Waals surface area (Å²) in [7, 11) is 1.54. The van der Waals surface area contributed by atoms with Crippen molar-refractivity contribution in [2.75, 3.05) is 7.11 Å². The minimum absolute atomic E-state index is 0.245. The molecule has 144 valence electrons. The Morgan fingerprint density at radius 1 is 1.21 bits per heavy atom. The summed E-state index contributed by atoms with van der Waals surface area (Å²) >= 11 is 0. The Hall–Kier alpha value is -4.18. The van der Waals surface area contributed by atoms with Crippen molar-refractivity contribution in [1.82, 2.24) is 10.4 Å². The molecule has 0 aliphatic carbocycles. The zero-order chi connectivity index (χ0) is 20.5. The van der Waals surface area contributed by atoms with Crippen molar-refractivity contribution in [3.8, 4) is 17.6 Å². The zero-order valence-corrected chi connectivity index (χ0v) is 15.7. The van der Waals surface area contributed by atoms with Crippen LogP contribution in [0.2, 0.25) is 0 Å². The van der Waals surface area contributed by atoms with Crippen LogP contribution in [0.5, 0.6) is 11.5 Å². The number of hydrogen-bond acceptors (Lipinski definition) is 6. The van der Waals surface area contributed by atoms with Gasteiger partial charge in [-0.3, -0.25) is 9.78 Å². The number of hydrogen-bond donors (Lipinski definition) is 1. The molecule has 0 aliphatic rings. The van der Waals surface area contributed by atoms with Gasteiger partial charge in [0.1, 0.15) is 6.61 Å². The van der Waals surface area contributed by atoms with Gasteiger partial charge in [-0.1, -0.05) is 18.2 Å². The molecule has 29 heavy (non-hydrogen) atoms. The number of nitrogens with zero attached hydrogens (tertiary/aromatic N) is 3. The molecule has 0 bridgehead atoms. The van der Waals surface area contributed by atoms with Crippen LogP contribution < -0.4 is 14.9 Å². The molecule has 2 aromatic carbocycles. The maximum atomic E-state index is 12.0. The fraction of sp³-hybridized carbons (Fsp3) is 0.0909. The number of nitriles is 1. The molecule has 0 saturated carbocycles. The average molecular weight is 386 g/mol. The number of rotatable bonds is 7. The number of ether oxygens (including phenoxy) is 2. The average Bonchev–Trinajstić information content (AvgIpc) is 2.78. The van der Waals surface area contributed by atoms with Crippen LogP contribution in [0, 0.1) is 11.3 Å². The van der Waals surface area contributed by atoms with Crippen molar-refractivity contribution in [2.45, 2.75) is 6.61 Å². The van der Waals surface area contributed by atoms with Gasteiger partial charge in [-0.2, -0.15) is 10.4 Å². The maximum absolute atomic E-state index is 12.0. The van der Waals surface area contributed by atoms with E-state index < -0.39 is 0 Å². The van der Waals surface area contributed by atoms with Gasteiger partial charge in [-0.05, 0) is 42.0 Å². The van der Waals surface area contributed by atoms with E-state index in [1.54, 1.807) is 42.6 Å². The van der Waals surface area contributed by atoms with E-state index in [9.17, 15) is 4.79 Å². The molecule has 1 heterocycles. The molecule has 1 amide bonds. The largest absolute Gasteiger partial charge is 0.493 e. The summed E-state index contributed by atoms with van der Waals surface area (Å²) < 4.78 is 11.2. The lowest BCUT2D eigenvalue weighted by Gasteiger charge is -2.12. The number of methoxy groups -OCH3 is 1. The predicted molar refractivity (Wildman–Crippen MR) is 108 cm³/mol. The van der Waals surface area contributed by atoms with Gasteiger partial charge in [0.05, 0.1) is 30.5 Å². The molecule has 3 rings (SSSR count). The Balaban J connectivity index is 1.65. The maximum Gasteiger partial charge on any atom is 0.272 e. The van der Waals surface area contributed by atoms with Crippen LogP contribution in [-0.2, 0) is 6.61 Å². The summed E-state index contributed by atoms with van der Waals surface area (Å²) in [6, 6.07) is 18.0. The third-order valence-corrected chi connectivity index (χ3v) is 4.01. The second-order valence-corrected chi connectivity index (χ2v) is 5.91. The van der Waals surface area contributed by atoms with Crippen LogP contribution in [-0.4, -0.2) is 24.2 Å². The van der Waals surface area contributed by atoms with Gasteiger partial charge in [-0.25, -0.2) is 5.43 Å². The van der Waals surface area contributed by atoms with Crippen LogP contribution in [0.1, 0.15) is 27.0 Å². The highest BCUT2D eigenvalue weighted by atomic mass is 16.5. The van der Waals surface area contributed by atoms with E-state index in [0.29, 0.717) is 22.6 Å². The van der Waals surface area contributed by atoms with Gasteiger partial charge in [-0.15, -0.1) is 0 Å². The molecule has 7 nitrogen and oxygen atoms in total. The van der Waals surface area contributed by atoms with Gasteiger partial charge < -0.3 is 9.47 Å². The summed E-state index contributed by atoms with van der Waals surface area (Å²) in [5.41, 5.74) is 4.95. The minimum atomic E-state index is -0.350. The molecule has 0 spiro atoms. The topological polar surface area (TPSA) is 96.6 Å². The van der Waals surface area contributed by atoms with Gasteiger partial charge in [0.2, 0.25) is 0 Å². The molecule has 3 aromatic rings. The highest BCUT2D eigenvalue weighted by Crippen LogP contribution is 2.28. The van der Waals surface area contributed by atoms with Crippen molar-refractivity contribution >= 4 is 12.1 Å². The van der Waals surface area contributed by atoms with Crippen molar-refractivity contribution in [3.05, 3.63) is 89.2 Å². The zero-order valence-electron chi connectivity index (χ0n) is 15.7. The predicted octanol–water partition coefficient (Wildman–Crippen LogP) is 3.30. The van der Waals surface area contributed by atoms with E-state index in [1.165, 1.54) is 19.5 Å². The molecular formula is C22H18N4O3. The molecule has 0 unspecified atom stereocenters. The van der Waals surface area contributed by atoms with Crippen LogP contribution in [0.3, 0.4) is 0 Å². The minimum Gasteiger partial charge on any atom is -0.493 e. The summed E-state index contributed by atoms with van der Waals surface area (Å²) in [4.78, 5) is 15.8. The van der Waals surface area contributed by atoms with E-state index in [-0.39, 0.29) is 12.5 Å². The first-order valence-corrected chi connectivity index (χ1v) is 8.73. The Bertz CT molecular complexity index is 1060. The molecule has 0 radical (unpaired) electrons. The summed E-state index contributed by atoms with van der Waals surface area (Å²) in [6.45, 7) is 0.245. The SMILES string of the molecule is COc1cc(/C=N\NC(=O)c2cccnc2)ccc1OCc1ccccc1C#N. The van der Waals surface area contributed by atoms with Crippen molar-refractivity contribution < 1.29 is 14.3 Å². The lowest BCUT2D eigenvalue weighted by atomic mass is 10.1. The number of carbonyl (C=O) groups is 1. The highest BCUT2D eigenvalue weighted by Gasteiger charge is 2.08. The lowest BCUT2D eigenvalue weighted by Crippen LogP contribution is -2.17. The number of nitrogens with one attached hydrogen (secondary N) is 1. The molecular weight excluding hydrogens is 368 g/mol. The highest BCUT2D eigenvalue weighted by molar-refractivity contribution is 5.94. The fourth-order valence-electron chi connectivity index (χ4n) is 2.52. The van der Waals surface area contributed by atoms with Crippen molar-refractivity contribution in [1.29, 1.82) is 5.26 Å². The molecule has 1 aromatic heterocycles. The standard InChI is InChI=1S/C22H18N4O3/c1-28-21-11-16(13-25-26-22(27)18-7-4-10-24-14-18)8-9-20(21)29-15-19-6-3-2-5-17(19)12-23/h2-11,13-14H,15H2,1H3,(H,26,27)/b25-13-. The van der Waals surface area contributed by atoms with Gasteiger partial charge >= 0.3 is 0 Å². The summed E-state index contributed by atoms with van der Waals surface area (Å²) in [6.07, 6.45) is 4.56. The second kappa shape index (κ2) is 9.67. The van der Waals surface area contributed by atoms with E-state index in [2.05, 4.69) is 21.6 Å². The Morgan fingerprint density at radius 2 is 2.07 bits per heavy atom. The second-order valence-electron chi connectivity index (χ2n) is 5.91. The van der Waals surface area contributed by atoms with Crippen LogP contribution in [0.25, 0.3) is 0 Å². The molecule has 0 aliphatic heterocycles. The third kappa shape index (κ3) is 5.17. The normalized spacial score (nSPS) is 10.3. The first-order valence-electron chi connectivity index (χ1n) is 8.73. The molecule has 0 saturated heterocycles. The van der Waals surface area contributed by atoms with Gasteiger partial charge in [0.15, 0.2) is 11.5 Å². The van der Waals surface area contributed by atoms with E-state index in [0.717, 1.165) is 11.1 Å². The van der Waals surface area contributed by atoms with E-state index in [4.69, 9.17) is 14.7 Å². The molecule has 0 atom stereocenters. The van der Waals surface area contributed by atoms with E-state index >= 15 is 0 Å². The summed E-state index contributed by atoms with van der Waals surface area (Å²) in [5, 5.41) is 13.1. The van der Waals surface area contributed by atoms with Gasteiger partial charge in [0.25, 0.3) is 5.91 Å². The first-order chi connectivity index (χ1) is 14.2. The monoisotopic (exact) mass is 386 g/mol. The lowest BCUT2D eigenvalue weighted by molar-refractivity contribution is 0.0955. The first kappa shape index (κ1) is 19.6. The number of pyridine rings is 1. The number of amides is 1. The van der Waals surface area contributed by atoms with Crippen LogP contribution in [0.4, 0.5) is 0 Å². The van der Waals surface area contributed by atoms with Crippen molar-refractivity contribution in [3.63, 3.8) is 0 Å². The Morgan fingerprint density at radius 3 is 2.83 bits per heavy atom. The number of carbonyl (C=O) groups excluding carboxylic acids is 1. The van der Waals surface area contributed by atoms with Gasteiger partial charge in [0, 0.05) is 18.0 Å². The Kier molecular flexibility index (Phi) is 6.53. The summed E-state index contributed by atoms with van der Waals surface area (Å²) in [5.74, 6) is 0.705. The van der Waals surface area contributed by atoms with Crippen molar-refractivity contribution in [2.24, 2.45) is 5.10 Å². The number of benzene rings is 2. The number of hydrazone groups is 1. The molecule has 0 fully saturated rings. The fourth-order valence-corrected chi connectivity index (χ4v) is 2.52. The molecule has 1 N–H and O–H groups in total. The van der Waals surface area contributed by atoms with Crippen LogP contribution in [0.15, 0.2) is 72.1 Å². The smallest absolute Gasteiger partial charge is 0.272 e. The third-order valence-electron chi connectivity index (χ3n) is 4.01. The molecule has 7 heteroatoms. The van der Waals surface area contributed by atoms with Crippen LogP contribution >= 0.6 is 0 Å².